The van der Waals surface area contributed by atoms with Gasteiger partial charge in [-0.25, -0.2) is 5.01 Å². The number of fused-ring (bicyclic) bond motifs is 1. The molecule has 0 aromatic heterocycles. The van der Waals surface area contributed by atoms with Crippen molar-refractivity contribution in [2.75, 3.05) is 0 Å². The lowest BCUT2D eigenvalue weighted by Crippen LogP contribution is -2.56. The Bertz CT molecular complexity index is 1160. The summed E-state index contributed by atoms with van der Waals surface area (Å²) in [5.74, 6) is -2.65. The van der Waals surface area contributed by atoms with Gasteiger partial charge in [0.15, 0.2) is 5.78 Å². The molecule has 0 bridgehead atoms. The first kappa shape index (κ1) is 24.4. The van der Waals surface area contributed by atoms with Crippen molar-refractivity contribution in [3.8, 4) is 0 Å². The summed E-state index contributed by atoms with van der Waals surface area (Å²) < 4.78 is 0. The SMILES string of the molecule is Cc1ccc(C(=O)[C@H](C)N(C(=O)c2ccc(Cl)cc2Cl)N2C(=O)[C@H]3C[C@@H](C)CC[C@H]3C2=O)cc1. The highest BCUT2D eigenvalue weighted by Gasteiger charge is 2.54. The van der Waals surface area contributed by atoms with Gasteiger partial charge in [-0.15, -0.1) is 0 Å². The maximum atomic E-state index is 13.8. The summed E-state index contributed by atoms with van der Waals surface area (Å²) >= 11 is 12.3. The van der Waals surface area contributed by atoms with Crippen molar-refractivity contribution in [2.24, 2.45) is 17.8 Å². The standard InChI is InChI=1S/C26H26Cl2N2O4/c1-14-4-7-17(8-5-14)23(31)16(3)29(25(33)20-11-9-18(27)13-22(20)28)30-24(32)19-10-6-15(2)12-21(19)26(30)34/h4-5,7-9,11,13,15-16,19,21H,6,10,12H2,1-3H3/t15-,16-,19+,21-/m0/s1. The molecule has 2 fully saturated rings. The van der Waals surface area contributed by atoms with Crippen LogP contribution in [0.25, 0.3) is 0 Å². The van der Waals surface area contributed by atoms with E-state index in [1.165, 1.54) is 25.1 Å². The van der Waals surface area contributed by atoms with Crippen LogP contribution >= 0.6 is 23.2 Å². The molecule has 0 unspecified atom stereocenters. The fourth-order valence-electron chi connectivity index (χ4n) is 4.88. The number of nitrogens with zero attached hydrogens (tertiary/aromatic N) is 2. The second kappa shape index (κ2) is 9.51. The summed E-state index contributed by atoms with van der Waals surface area (Å²) in [6.07, 6.45) is 2.00. The van der Waals surface area contributed by atoms with E-state index in [1.807, 2.05) is 6.92 Å². The second-order valence-corrected chi connectivity index (χ2v) is 10.1. The number of imide groups is 1. The Hall–Kier alpha value is -2.70. The quantitative estimate of drug-likeness (QED) is 0.409. The van der Waals surface area contributed by atoms with Crippen LogP contribution in [0.1, 0.15) is 59.4 Å². The van der Waals surface area contributed by atoms with Gasteiger partial charge >= 0.3 is 0 Å². The summed E-state index contributed by atoms with van der Waals surface area (Å²) in [6, 6.07) is 10.2. The van der Waals surface area contributed by atoms with Crippen LogP contribution in [-0.4, -0.2) is 39.6 Å². The zero-order chi connectivity index (χ0) is 24.7. The van der Waals surface area contributed by atoms with Crippen molar-refractivity contribution in [2.45, 2.75) is 46.1 Å². The predicted molar refractivity (Wildman–Crippen MR) is 129 cm³/mol. The number of Topliss-reactive ketones (excluding diaryl/α,β-unsaturated/α-hetero) is 1. The Kier molecular flexibility index (Phi) is 6.83. The zero-order valence-corrected chi connectivity index (χ0v) is 20.8. The van der Waals surface area contributed by atoms with Gasteiger partial charge in [0.2, 0.25) is 0 Å². The van der Waals surface area contributed by atoms with Crippen molar-refractivity contribution in [1.82, 2.24) is 10.0 Å². The molecule has 1 heterocycles. The van der Waals surface area contributed by atoms with Gasteiger partial charge in [-0.2, -0.15) is 5.01 Å². The number of halogens is 2. The normalized spacial score (nSPS) is 23.0. The summed E-state index contributed by atoms with van der Waals surface area (Å²) in [6.45, 7) is 5.48. The van der Waals surface area contributed by atoms with E-state index >= 15 is 0 Å². The molecule has 0 radical (unpaired) electrons. The minimum Gasteiger partial charge on any atom is -0.292 e. The maximum Gasteiger partial charge on any atom is 0.275 e. The Morgan fingerprint density at radius 3 is 2.29 bits per heavy atom. The summed E-state index contributed by atoms with van der Waals surface area (Å²) in [5, 5.41) is 2.30. The molecule has 1 aliphatic carbocycles. The average molecular weight is 501 g/mol. The van der Waals surface area contributed by atoms with Gasteiger partial charge in [-0.05, 0) is 57.2 Å². The molecule has 1 saturated heterocycles. The molecule has 1 aliphatic heterocycles. The number of rotatable bonds is 5. The highest BCUT2D eigenvalue weighted by atomic mass is 35.5. The molecule has 4 rings (SSSR count). The van der Waals surface area contributed by atoms with Crippen LogP contribution in [-0.2, 0) is 9.59 Å². The fraction of sp³-hybridized carbons (Fsp3) is 0.385. The van der Waals surface area contributed by atoms with Gasteiger partial charge in [-0.3, -0.25) is 19.2 Å². The molecule has 0 N–H and O–H groups in total. The zero-order valence-electron chi connectivity index (χ0n) is 19.3. The summed E-state index contributed by atoms with van der Waals surface area (Å²) in [7, 11) is 0. The van der Waals surface area contributed by atoms with Gasteiger partial charge in [0, 0.05) is 10.6 Å². The Morgan fingerprint density at radius 1 is 1.00 bits per heavy atom. The largest absolute Gasteiger partial charge is 0.292 e. The highest BCUT2D eigenvalue weighted by molar-refractivity contribution is 6.36. The molecule has 0 spiro atoms. The van der Waals surface area contributed by atoms with Crippen LogP contribution in [0, 0.1) is 24.7 Å². The van der Waals surface area contributed by atoms with Crippen LogP contribution in [0.4, 0.5) is 0 Å². The van der Waals surface area contributed by atoms with Crippen LogP contribution < -0.4 is 0 Å². The van der Waals surface area contributed by atoms with Gasteiger partial charge in [0.1, 0.15) is 6.04 Å². The van der Waals surface area contributed by atoms with E-state index in [9.17, 15) is 19.2 Å². The van der Waals surface area contributed by atoms with Gasteiger partial charge in [0.25, 0.3) is 17.7 Å². The molecule has 2 aliphatic rings. The van der Waals surface area contributed by atoms with Crippen molar-refractivity contribution < 1.29 is 19.2 Å². The molecule has 6 nitrogen and oxygen atoms in total. The first-order valence-corrected chi connectivity index (χ1v) is 12.1. The van der Waals surface area contributed by atoms with E-state index in [4.69, 9.17) is 23.2 Å². The number of ketones is 1. The van der Waals surface area contributed by atoms with Gasteiger partial charge in [0.05, 0.1) is 22.4 Å². The lowest BCUT2D eigenvalue weighted by molar-refractivity contribution is -0.156. The first-order chi connectivity index (χ1) is 16.1. The third-order valence-electron chi connectivity index (χ3n) is 6.83. The lowest BCUT2D eigenvalue weighted by atomic mass is 9.76. The molecule has 8 heteroatoms. The number of amides is 3. The van der Waals surface area contributed by atoms with Gasteiger partial charge < -0.3 is 0 Å². The molecule has 34 heavy (non-hydrogen) atoms. The second-order valence-electron chi connectivity index (χ2n) is 9.30. The smallest absolute Gasteiger partial charge is 0.275 e. The molecule has 4 atom stereocenters. The summed E-state index contributed by atoms with van der Waals surface area (Å²) in [5.41, 5.74) is 1.41. The number of hydrogen-bond donors (Lipinski definition) is 0. The van der Waals surface area contributed by atoms with Crippen molar-refractivity contribution in [3.05, 3.63) is 69.2 Å². The first-order valence-electron chi connectivity index (χ1n) is 11.4. The molecular formula is C26H26Cl2N2O4. The van der Waals surface area contributed by atoms with E-state index in [1.54, 1.807) is 24.3 Å². The molecule has 178 valence electrons. The molecule has 3 amide bonds. The van der Waals surface area contributed by atoms with Crippen LogP contribution in [0.2, 0.25) is 10.0 Å². The molecule has 1 saturated carbocycles. The number of hydrogen-bond acceptors (Lipinski definition) is 4. The maximum absolute atomic E-state index is 13.8. The third-order valence-corrected chi connectivity index (χ3v) is 7.38. The van der Waals surface area contributed by atoms with Crippen LogP contribution in [0.15, 0.2) is 42.5 Å². The highest BCUT2D eigenvalue weighted by Crippen LogP contribution is 2.42. The van der Waals surface area contributed by atoms with Crippen molar-refractivity contribution in [3.63, 3.8) is 0 Å². The Labute approximate surface area is 208 Å². The number of carbonyl (C=O) groups excluding carboxylic acids is 4. The van der Waals surface area contributed by atoms with Crippen LogP contribution in [0.5, 0.6) is 0 Å². The Balaban J connectivity index is 1.77. The number of aryl methyl sites for hydroxylation is 1. The Morgan fingerprint density at radius 2 is 1.65 bits per heavy atom. The van der Waals surface area contributed by atoms with E-state index < -0.39 is 35.6 Å². The predicted octanol–water partition coefficient (Wildman–Crippen LogP) is 5.35. The number of hydrazine groups is 1. The monoisotopic (exact) mass is 500 g/mol. The van der Waals surface area contributed by atoms with Crippen molar-refractivity contribution in [1.29, 1.82) is 0 Å². The minimum atomic E-state index is -1.12. The van der Waals surface area contributed by atoms with Crippen molar-refractivity contribution >= 4 is 46.7 Å². The number of carbonyl (C=O) groups is 4. The van der Waals surface area contributed by atoms with Crippen LogP contribution in [0.3, 0.4) is 0 Å². The number of benzene rings is 2. The molecule has 2 aromatic rings. The van der Waals surface area contributed by atoms with E-state index in [0.29, 0.717) is 29.3 Å². The van der Waals surface area contributed by atoms with Gasteiger partial charge in [-0.1, -0.05) is 60.0 Å². The van der Waals surface area contributed by atoms with E-state index in [0.717, 1.165) is 22.0 Å². The topological polar surface area (TPSA) is 74.8 Å². The van der Waals surface area contributed by atoms with E-state index in [2.05, 4.69) is 6.92 Å². The molecule has 2 aromatic carbocycles. The minimum absolute atomic E-state index is 0.0541. The average Bonchev–Trinajstić information content (AvgIpc) is 3.03. The lowest BCUT2D eigenvalue weighted by Gasteiger charge is -2.35. The molecular weight excluding hydrogens is 475 g/mol. The fourth-order valence-corrected chi connectivity index (χ4v) is 5.37. The van der Waals surface area contributed by atoms with E-state index in [-0.39, 0.29) is 16.4 Å². The third kappa shape index (κ3) is 4.37. The summed E-state index contributed by atoms with van der Waals surface area (Å²) in [4.78, 5) is 54.1.